The Hall–Kier alpha value is -4.01. The van der Waals surface area contributed by atoms with Gasteiger partial charge in [0.05, 0.1) is 32.0 Å². The summed E-state index contributed by atoms with van der Waals surface area (Å²) in [5.74, 6) is -0.507. The molecule has 0 amide bonds. The maximum atomic E-state index is 13.7. The van der Waals surface area contributed by atoms with E-state index < -0.39 is 17.6 Å². The summed E-state index contributed by atoms with van der Waals surface area (Å²) in [6.07, 6.45) is 1.87. The van der Waals surface area contributed by atoms with Gasteiger partial charge in [-0.05, 0) is 70.8 Å². The van der Waals surface area contributed by atoms with E-state index in [4.69, 9.17) is 21.1 Å². The highest BCUT2D eigenvalue weighted by atomic mass is 35.5. The highest BCUT2D eigenvalue weighted by Crippen LogP contribution is 2.34. The third kappa shape index (κ3) is 6.35. The molecule has 7 nitrogen and oxygen atoms in total. The van der Waals surface area contributed by atoms with Crippen molar-refractivity contribution in [1.29, 1.82) is 0 Å². The Morgan fingerprint density at radius 3 is 2.33 bits per heavy atom. The molecule has 2 heterocycles. The summed E-state index contributed by atoms with van der Waals surface area (Å²) in [5, 5.41) is 4.26. The zero-order valence-electron chi connectivity index (χ0n) is 21.6. The number of Topliss-reactive ketones (excluding diaryl/α,β-unsaturated/α-hetero) is 2. The lowest BCUT2D eigenvalue weighted by Gasteiger charge is -2.21. The number of pyridine rings is 1. The molecule has 2 aromatic heterocycles. The minimum atomic E-state index is -0.818. The highest BCUT2D eigenvalue weighted by molar-refractivity contribution is 7.07. The molecule has 200 valence electrons. The molecule has 0 fully saturated rings. The minimum Gasteiger partial charge on any atom is -0.495 e. The predicted molar refractivity (Wildman–Crippen MR) is 151 cm³/mol. The number of hydrogen-bond acceptors (Lipinski definition) is 7. The molecule has 4 aromatic rings. The lowest BCUT2D eigenvalue weighted by atomic mass is 9.96. The summed E-state index contributed by atoms with van der Waals surface area (Å²) in [7, 11) is 2.77. The van der Waals surface area contributed by atoms with Crippen LogP contribution in [0, 0.1) is 0 Å². The number of benzene rings is 2. The quantitative estimate of drug-likeness (QED) is 0.178. The number of ketones is 2. The molecule has 0 radical (unpaired) electrons. The van der Waals surface area contributed by atoms with Crippen molar-refractivity contribution in [2.75, 3.05) is 14.2 Å². The molecular weight excluding hydrogens is 538 g/mol. The zero-order chi connectivity index (χ0) is 28.1. The number of carbonyl (C=O) groups excluding carboxylic acids is 3. The van der Waals surface area contributed by atoms with Crippen LogP contribution in [0.5, 0.6) is 5.75 Å². The van der Waals surface area contributed by atoms with Gasteiger partial charge in [0, 0.05) is 35.1 Å². The number of carbonyl (C=O) groups is 3. The number of nitrogens with zero attached hydrogens (tertiary/aromatic N) is 1. The van der Waals surface area contributed by atoms with Gasteiger partial charge in [-0.3, -0.25) is 14.4 Å². The van der Waals surface area contributed by atoms with Crippen LogP contribution in [-0.4, -0.2) is 36.3 Å². The van der Waals surface area contributed by atoms with Crippen molar-refractivity contribution in [2.45, 2.75) is 25.8 Å². The summed E-state index contributed by atoms with van der Waals surface area (Å²) in [4.78, 5) is 51.2. The van der Waals surface area contributed by atoms with Gasteiger partial charge in [-0.25, -0.2) is 4.79 Å². The normalized spacial score (nSPS) is 11.6. The topological polar surface area (TPSA) is 91.7 Å². The number of methoxy groups -OCH3 is 2. The lowest BCUT2D eigenvalue weighted by molar-refractivity contribution is -0.121. The number of aromatic nitrogens is 1. The monoisotopic (exact) mass is 563 g/mol. The van der Waals surface area contributed by atoms with Crippen LogP contribution in [0.1, 0.15) is 44.8 Å². The smallest absolute Gasteiger partial charge is 0.337 e. The minimum absolute atomic E-state index is 0.0511. The second-order valence-corrected chi connectivity index (χ2v) is 10.1. The van der Waals surface area contributed by atoms with E-state index in [9.17, 15) is 19.2 Å². The number of halogens is 1. The van der Waals surface area contributed by atoms with Gasteiger partial charge in [0.2, 0.25) is 0 Å². The zero-order valence-corrected chi connectivity index (χ0v) is 23.2. The van der Waals surface area contributed by atoms with Gasteiger partial charge in [0.15, 0.2) is 11.6 Å². The fourth-order valence-electron chi connectivity index (χ4n) is 4.39. The van der Waals surface area contributed by atoms with Crippen molar-refractivity contribution in [2.24, 2.45) is 0 Å². The van der Waals surface area contributed by atoms with E-state index in [-0.39, 0.29) is 18.0 Å². The molecule has 0 aliphatic heterocycles. The SMILES string of the molecule is COC(=O)c1ccc(CC(=O)C(Cc2ccsc2)n2cc(OC)c(-c3cc(Cl)ccc3C(C)=O)cc2=O)cc1. The third-order valence-electron chi connectivity index (χ3n) is 6.39. The van der Waals surface area contributed by atoms with E-state index in [0.29, 0.717) is 45.0 Å². The number of hydrogen-bond donors (Lipinski definition) is 0. The summed E-state index contributed by atoms with van der Waals surface area (Å²) in [6.45, 7) is 1.44. The molecule has 39 heavy (non-hydrogen) atoms. The maximum Gasteiger partial charge on any atom is 0.337 e. The van der Waals surface area contributed by atoms with Gasteiger partial charge in [-0.2, -0.15) is 11.3 Å². The van der Waals surface area contributed by atoms with E-state index in [2.05, 4.69) is 0 Å². The summed E-state index contributed by atoms with van der Waals surface area (Å²) in [6, 6.07) is 13.9. The van der Waals surface area contributed by atoms with E-state index >= 15 is 0 Å². The second kappa shape index (κ2) is 12.2. The molecule has 1 unspecified atom stereocenters. The van der Waals surface area contributed by atoms with Crippen LogP contribution in [0.4, 0.5) is 0 Å². The molecule has 0 spiro atoms. The van der Waals surface area contributed by atoms with Crippen molar-refractivity contribution >= 4 is 40.5 Å². The number of rotatable bonds is 10. The van der Waals surface area contributed by atoms with Gasteiger partial charge in [0.25, 0.3) is 5.56 Å². The van der Waals surface area contributed by atoms with Crippen molar-refractivity contribution < 1.29 is 23.9 Å². The average molecular weight is 564 g/mol. The fraction of sp³-hybridized carbons (Fsp3) is 0.200. The Balaban J connectivity index is 1.76. The first-order valence-corrected chi connectivity index (χ1v) is 13.4. The molecular formula is C30H26ClNO6S. The van der Waals surface area contributed by atoms with E-state index in [0.717, 1.165) is 5.56 Å². The first-order valence-electron chi connectivity index (χ1n) is 12.0. The first kappa shape index (κ1) is 28.0. The Labute approximate surface area is 234 Å². The fourth-order valence-corrected chi connectivity index (χ4v) is 5.24. The Morgan fingerprint density at radius 1 is 0.974 bits per heavy atom. The molecule has 0 aliphatic rings. The van der Waals surface area contributed by atoms with Crippen molar-refractivity contribution in [3.8, 4) is 16.9 Å². The number of ether oxygens (including phenoxy) is 2. The molecule has 0 saturated heterocycles. The maximum absolute atomic E-state index is 13.7. The van der Waals surface area contributed by atoms with E-state index in [1.807, 2.05) is 16.8 Å². The highest BCUT2D eigenvalue weighted by Gasteiger charge is 2.25. The third-order valence-corrected chi connectivity index (χ3v) is 7.35. The second-order valence-electron chi connectivity index (χ2n) is 8.93. The lowest BCUT2D eigenvalue weighted by Crippen LogP contribution is -2.32. The van der Waals surface area contributed by atoms with E-state index in [1.54, 1.807) is 42.5 Å². The molecule has 4 rings (SSSR count). The molecule has 0 N–H and O–H groups in total. The van der Waals surface area contributed by atoms with Crippen LogP contribution in [0.3, 0.4) is 0 Å². The Bertz CT molecular complexity index is 1570. The van der Waals surface area contributed by atoms with Gasteiger partial charge >= 0.3 is 5.97 Å². The van der Waals surface area contributed by atoms with Crippen LogP contribution in [0.15, 0.2) is 76.3 Å². The largest absolute Gasteiger partial charge is 0.495 e. The average Bonchev–Trinajstić information content (AvgIpc) is 3.45. The van der Waals surface area contributed by atoms with Gasteiger partial charge < -0.3 is 14.0 Å². The molecule has 1 atom stereocenters. The van der Waals surface area contributed by atoms with Crippen LogP contribution < -0.4 is 10.3 Å². The number of esters is 1. The Kier molecular flexibility index (Phi) is 8.79. The summed E-state index contributed by atoms with van der Waals surface area (Å²) < 4.78 is 11.7. The van der Waals surface area contributed by atoms with Crippen LogP contribution >= 0.6 is 22.9 Å². The van der Waals surface area contributed by atoms with Gasteiger partial charge in [-0.15, -0.1) is 0 Å². The number of thiophene rings is 1. The standard InChI is InChI=1S/C30H26ClNO6S/c1-18(33)23-9-8-22(31)14-24(23)25-15-29(35)32(16-28(25)37-2)26(12-20-10-11-39-17-20)27(34)13-19-4-6-21(7-5-19)30(36)38-3/h4-11,14-17,26H,12-13H2,1-3H3. The van der Waals surface area contributed by atoms with E-state index in [1.165, 1.54) is 49.3 Å². The van der Waals surface area contributed by atoms with Gasteiger partial charge in [0.1, 0.15) is 5.75 Å². The summed E-state index contributed by atoms with van der Waals surface area (Å²) >= 11 is 7.72. The van der Waals surface area contributed by atoms with Crippen LogP contribution in [-0.2, 0) is 22.4 Å². The summed E-state index contributed by atoms with van der Waals surface area (Å²) in [5.41, 5.74) is 2.86. The Morgan fingerprint density at radius 2 is 1.72 bits per heavy atom. The molecule has 2 aromatic carbocycles. The van der Waals surface area contributed by atoms with Crippen LogP contribution in [0.2, 0.25) is 5.02 Å². The molecule has 9 heteroatoms. The molecule has 0 saturated carbocycles. The van der Waals surface area contributed by atoms with Crippen molar-refractivity contribution in [3.05, 3.63) is 109 Å². The van der Waals surface area contributed by atoms with Crippen molar-refractivity contribution in [3.63, 3.8) is 0 Å². The predicted octanol–water partition coefficient (Wildman–Crippen LogP) is 5.82. The molecule has 0 bridgehead atoms. The van der Waals surface area contributed by atoms with Gasteiger partial charge in [-0.1, -0.05) is 23.7 Å². The molecule has 0 aliphatic carbocycles. The van der Waals surface area contributed by atoms with Crippen LogP contribution in [0.25, 0.3) is 11.1 Å². The first-order chi connectivity index (χ1) is 18.7. The van der Waals surface area contributed by atoms with Crippen molar-refractivity contribution in [1.82, 2.24) is 4.57 Å².